The van der Waals surface area contributed by atoms with Gasteiger partial charge in [-0.1, -0.05) is 0 Å². The van der Waals surface area contributed by atoms with E-state index in [1.165, 1.54) is 6.92 Å². The van der Waals surface area contributed by atoms with Gasteiger partial charge in [0, 0.05) is 0 Å². The molecule has 2 aromatic carbocycles. The molecule has 0 saturated carbocycles. The average Bonchev–Trinajstić information content (AvgIpc) is 2.63. The summed E-state index contributed by atoms with van der Waals surface area (Å²) >= 11 is -0.151. The molecule has 138 valence electrons. The maximum atomic E-state index is 12.1. The summed E-state index contributed by atoms with van der Waals surface area (Å²) in [6, 6.07) is 19.7. The number of carbonyl (C=O) groups excluding carboxylic acids is 2. The van der Waals surface area contributed by atoms with E-state index in [2.05, 4.69) is 0 Å². The second kappa shape index (κ2) is 11.6. The Balaban J connectivity index is 1.71. The molecule has 0 amide bonds. The van der Waals surface area contributed by atoms with E-state index in [1.54, 1.807) is 0 Å². The van der Waals surface area contributed by atoms with Gasteiger partial charge in [0.1, 0.15) is 0 Å². The van der Waals surface area contributed by atoms with Crippen molar-refractivity contribution in [1.29, 1.82) is 0 Å². The number of hydrogen-bond acceptors (Lipinski definition) is 4. The van der Waals surface area contributed by atoms with Gasteiger partial charge >= 0.3 is 161 Å². The summed E-state index contributed by atoms with van der Waals surface area (Å²) in [6.45, 7) is 2.22. The molecule has 2 aromatic rings. The van der Waals surface area contributed by atoms with Crippen molar-refractivity contribution >= 4 is 30.1 Å². The van der Waals surface area contributed by atoms with Crippen LogP contribution in [0.15, 0.2) is 60.7 Å². The fourth-order valence-corrected chi connectivity index (χ4v) is 4.12. The van der Waals surface area contributed by atoms with Gasteiger partial charge in [0.25, 0.3) is 0 Å². The van der Waals surface area contributed by atoms with E-state index < -0.39 is 0 Å². The number of rotatable bonds is 11. The molecular weight excluding hydrogens is 395 g/mol. The van der Waals surface area contributed by atoms with E-state index in [0.29, 0.717) is 32.5 Å². The zero-order valence-corrected chi connectivity index (χ0v) is 16.6. The topological polar surface area (TPSA) is 52.6 Å². The van der Waals surface area contributed by atoms with Crippen LogP contribution in [0.2, 0.25) is 0 Å². The van der Waals surface area contributed by atoms with Crippen molar-refractivity contribution in [2.45, 2.75) is 38.9 Å². The Morgan fingerprint density at radius 1 is 1.00 bits per heavy atom. The molecule has 0 N–H and O–H groups in total. The molecular formula is C21H24O4Se. The van der Waals surface area contributed by atoms with Crippen LogP contribution >= 0.6 is 0 Å². The van der Waals surface area contributed by atoms with Gasteiger partial charge in [0.15, 0.2) is 0 Å². The van der Waals surface area contributed by atoms with E-state index in [4.69, 9.17) is 9.47 Å². The summed E-state index contributed by atoms with van der Waals surface area (Å²) in [4.78, 5) is 23.4. The van der Waals surface area contributed by atoms with Gasteiger partial charge < -0.3 is 0 Å². The fourth-order valence-electron chi connectivity index (χ4n) is 2.44. The minimum atomic E-state index is -0.321. The first-order valence-corrected chi connectivity index (χ1v) is 10.4. The van der Waals surface area contributed by atoms with Gasteiger partial charge in [-0.3, -0.25) is 0 Å². The SMILES string of the molecule is CC(=O)O[C@@H](CCCC(=O)[Se]c1ccccc1)COCc1ccccc1. The monoisotopic (exact) mass is 420 g/mol. The quantitative estimate of drug-likeness (QED) is 0.415. The molecule has 5 heteroatoms. The Morgan fingerprint density at radius 2 is 1.65 bits per heavy atom. The summed E-state index contributed by atoms with van der Waals surface area (Å²) in [6.07, 6.45) is 1.52. The molecule has 0 aliphatic heterocycles. The second-order valence-electron chi connectivity index (χ2n) is 5.91. The molecule has 0 fully saturated rings. The predicted molar refractivity (Wildman–Crippen MR) is 102 cm³/mol. The average molecular weight is 419 g/mol. The molecule has 0 saturated heterocycles. The summed E-state index contributed by atoms with van der Waals surface area (Å²) in [5.74, 6) is -0.321. The van der Waals surface area contributed by atoms with Crippen LogP contribution < -0.4 is 4.46 Å². The molecule has 2 rings (SSSR count). The molecule has 0 aliphatic rings. The molecule has 1 atom stereocenters. The molecule has 0 spiro atoms. The van der Waals surface area contributed by atoms with Gasteiger partial charge in [0.05, 0.1) is 0 Å². The Labute approximate surface area is 161 Å². The fraction of sp³-hybridized carbons (Fsp3) is 0.333. The van der Waals surface area contributed by atoms with Gasteiger partial charge in [0.2, 0.25) is 0 Å². The van der Waals surface area contributed by atoms with E-state index in [1.807, 2.05) is 60.7 Å². The number of esters is 1. The van der Waals surface area contributed by atoms with Crippen LogP contribution in [0.4, 0.5) is 0 Å². The number of ether oxygens (including phenoxy) is 2. The van der Waals surface area contributed by atoms with Crippen molar-refractivity contribution in [3.8, 4) is 0 Å². The Bertz CT molecular complexity index is 673. The summed E-state index contributed by atoms with van der Waals surface area (Å²) in [5.41, 5.74) is 1.08. The number of benzene rings is 2. The van der Waals surface area contributed by atoms with Crippen molar-refractivity contribution in [2.24, 2.45) is 0 Å². The molecule has 0 radical (unpaired) electrons. The Hall–Kier alpha value is -1.94. The zero-order valence-electron chi connectivity index (χ0n) is 14.9. The Kier molecular flexibility index (Phi) is 9.11. The first-order chi connectivity index (χ1) is 12.6. The normalized spacial score (nSPS) is 11.7. The van der Waals surface area contributed by atoms with E-state index in [-0.39, 0.29) is 31.7 Å². The molecule has 0 aromatic heterocycles. The van der Waals surface area contributed by atoms with E-state index in [0.717, 1.165) is 10.0 Å². The number of carbonyl (C=O) groups is 2. The molecule has 0 aliphatic carbocycles. The van der Waals surface area contributed by atoms with Crippen molar-refractivity contribution in [3.63, 3.8) is 0 Å². The van der Waals surface area contributed by atoms with Crippen LogP contribution in [0.3, 0.4) is 0 Å². The zero-order chi connectivity index (χ0) is 18.6. The molecule has 0 unspecified atom stereocenters. The van der Waals surface area contributed by atoms with Gasteiger partial charge in [-0.15, -0.1) is 0 Å². The second-order valence-corrected chi connectivity index (χ2v) is 8.28. The first-order valence-electron chi connectivity index (χ1n) is 8.68. The number of hydrogen-bond donors (Lipinski definition) is 0. The molecule has 0 heterocycles. The van der Waals surface area contributed by atoms with Gasteiger partial charge in [-0.25, -0.2) is 0 Å². The van der Waals surface area contributed by atoms with Crippen LogP contribution in [-0.2, 0) is 25.7 Å². The van der Waals surface area contributed by atoms with Crippen molar-refractivity contribution in [2.75, 3.05) is 6.61 Å². The third-order valence-corrected chi connectivity index (χ3v) is 5.60. The maximum absolute atomic E-state index is 12.1. The van der Waals surface area contributed by atoms with Gasteiger partial charge in [-0.2, -0.15) is 0 Å². The molecule has 4 nitrogen and oxygen atoms in total. The van der Waals surface area contributed by atoms with Crippen molar-refractivity contribution < 1.29 is 19.1 Å². The van der Waals surface area contributed by atoms with Crippen LogP contribution in [0.25, 0.3) is 0 Å². The summed E-state index contributed by atoms with van der Waals surface area (Å²) in [7, 11) is 0. The first kappa shape index (κ1) is 20.4. The molecule has 26 heavy (non-hydrogen) atoms. The molecule has 0 bridgehead atoms. The standard InChI is InChI=1S/C21H24O4Se/c1-17(22)25-19(16-24-15-18-9-4-2-5-10-18)11-8-14-21(23)26-20-12-6-3-7-13-20/h2-7,9-10,12-13,19H,8,11,14-16H2,1H3/t19-/m0/s1. The summed E-state index contributed by atoms with van der Waals surface area (Å²) < 4.78 is 12.3. The Morgan fingerprint density at radius 3 is 2.31 bits per heavy atom. The predicted octanol–water partition coefficient (Wildman–Crippen LogP) is 2.86. The van der Waals surface area contributed by atoms with Crippen LogP contribution in [0.1, 0.15) is 31.7 Å². The van der Waals surface area contributed by atoms with Crippen molar-refractivity contribution in [3.05, 3.63) is 66.2 Å². The third-order valence-electron chi connectivity index (χ3n) is 3.63. The summed E-state index contributed by atoms with van der Waals surface area (Å²) in [5, 5.41) is 0. The van der Waals surface area contributed by atoms with Crippen LogP contribution in [0, 0.1) is 0 Å². The van der Waals surface area contributed by atoms with Gasteiger partial charge in [-0.05, 0) is 0 Å². The van der Waals surface area contributed by atoms with E-state index >= 15 is 0 Å². The van der Waals surface area contributed by atoms with Crippen LogP contribution in [-0.4, -0.2) is 38.3 Å². The van der Waals surface area contributed by atoms with Crippen molar-refractivity contribution in [1.82, 2.24) is 0 Å². The minimum absolute atomic E-state index is 0.151. The van der Waals surface area contributed by atoms with Crippen LogP contribution in [0.5, 0.6) is 0 Å². The van der Waals surface area contributed by atoms with E-state index in [9.17, 15) is 9.59 Å². The third kappa shape index (κ3) is 8.43.